The Morgan fingerprint density at radius 3 is 2.08 bits per heavy atom. The van der Waals surface area contributed by atoms with E-state index in [1.807, 2.05) is 37.3 Å². The quantitative estimate of drug-likeness (QED) is 0.878. The molecule has 1 saturated carbocycles. The van der Waals surface area contributed by atoms with Crippen LogP contribution < -0.4 is 10.6 Å². The van der Waals surface area contributed by atoms with Gasteiger partial charge in [-0.25, -0.2) is 0 Å². The summed E-state index contributed by atoms with van der Waals surface area (Å²) in [5.41, 5.74) is 3.08. The highest BCUT2D eigenvalue weighted by atomic mass is 16.2. The van der Waals surface area contributed by atoms with Gasteiger partial charge in [-0.3, -0.25) is 9.59 Å². The molecule has 0 atom stereocenters. The van der Waals surface area contributed by atoms with Gasteiger partial charge in [-0.05, 0) is 55.7 Å². The Bertz CT molecular complexity index is 732. The van der Waals surface area contributed by atoms with E-state index in [-0.39, 0.29) is 17.7 Å². The largest absolute Gasteiger partial charge is 0.326 e. The van der Waals surface area contributed by atoms with Gasteiger partial charge < -0.3 is 10.6 Å². The van der Waals surface area contributed by atoms with Crippen molar-refractivity contribution in [2.75, 3.05) is 10.6 Å². The second-order valence-corrected chi connectivity index (χ2v) is 6.32. The second-order valence-electron chi connectivity index (χ2n) is 6.32. The lowest BCUT2D eigenvalue weighted by Gasteiger charge is -2.11. The van der Waals surface area contributed by atoms with E-state index in [4.69, 9.17) is 0 Å². The van der Waals surface area contributed by atoms with Gasteiger partial charge >= 0.3 is 0 Å². The summed E-state index contributed by atoms with van der Waals surface area (Å²) >= 11 is 0. The maximum atomic E-state index is 12.3. The monoisotopic (exact) mass is 322 g/mol. The van der Waals surface area contributed by atoms with Crippen LogP contribution in [0.15, 0.2) is 48.5 Å². The molecule has 0 aromatic heterocycles. The molecule has 2 aromatic rings. The third-order valence-electron chi connectivity index (χ3n) is 4.53. The molecule has 24 heavy (non-hydrogen) atoms. The average Bonchev–Trinajstić information content (AvgIpc) is 3.11. The van der Waals surface area contributed by atoms with Crippen molar-refractivity contribution in [2.24, 2.45) is 5.92 Å². The first-order valence-electron chi connectivity index (χ1n) is 8.41. The van der Waals surface area contributed by atoms with Gasteiger partial charge in [0.25, 0.3) is 5.91 Å². The number of hydrogen-bond acceptors (Lipinski definition) is 2. The van der Waals surface area contributed by atoms with E-state index in [2.05, 4.69) is 10.6 Å². The molecule has 2 amide bonds. The highest BCUT2D eigenvalue weighted by Crippen LogP contribution is 2.26. The average molecular weight is 322 g/mol. The van der Waals surface area contributed by atoms with Crippen LogP contribution in [0.4, 0.5) is 11.4 Å². The molecule has 0 radical (unpaired) electrons. The molecular formula is C20H22N2O2. The molecule has 3 rings (SSSR count). The van der Waals surface area contributed by atoms with Gasteiger partial charge in [0.1, 0.15) is 0 Å². The van der Waals surface area contributed by atoms with Crippen LogP contribution in [0.25, 0.3) is 0 Å². The van der Waals surface area contributed by atoms with Crippen LogP contribution in [0, 0.1) is 12.8 Å². The zero-order chi connectivity index (χ0) is 16.9. The molecule has 0 saturated heterocycles. The third-order valence-corrected chi connectivity index (χ3v) is 4.53. The van der Waals surface area contributed by atoms with Gasteiger partial charge in [-0.1, -0.05) is 31.0 Å². The molecule has 0 bridgehead atoms. The molecule has 124 valence electrons. The molecule has 0 unspecified atom stereocenters. The fourth-order valence-corrected chi connectivity index (χ4v) is 3.10. The summed E-state index contributed by atoms with van der Waals surface area (Å²) in [4.78, 5) is 24.4. The maximum Gasteiger partial charge on any atom is 0.255 e. The summed E-state index contributed by atoms with van der Waals surface area (Å²) in [6.07, 6.45) is 4.25. The van der Waals surface area contributed by atoms with Crippen LogP contribution in [0.1, 0.15) is 41.6 Å². The van der Waals surface area contributed by atoms with Gasteiger partial charge in [0.2, 0.25) is 5.91 Å². The minimum absolute atomic E-state index is 0.101. The molecule has 1 aliphatic carbocycles. The van der Waals surface area contributed by atoms with E-state index in [0.29, 0.717) is 11.3 Å². The molecule has 2 N–H and O–H groups in total. The fourth-order valence-electron chi connectivity index (χ4n) is 3.10. The van der Waals surface area contributed by atoms with Crippen molar-refractivity contribution in [2.45, 2.75) is 32.6 Å². The summed E-state index contributed by atoms with van der Waals surface area (Å²) in [5, 5.41) is 5.84. The molecule has 4 nitrogen and oxygen atoms in total. The fraction of sp³-hybridized carbons (Fsp3) is 0.300. The van der Waals surface area contributed by atoms with Crippen molar-refractivity contribution in [3.05, 3.63) is 59.7 Å². The Labute approximate surface area is 142 Å². The zero-order valence-electron chi connectivity index (χ0n) is 13.8. The van der Waals surface area contributed by atoms with Gasteiger partial charge in [-0.15, -0.1) is 0 Å². The molecule has 1 aliphatic rings. The number of hydrogen-bond donors (Lipinski definition) is 2. The van der Waals surface area contributed by atoms with Crippen molar-refractivity contribution < 1.29 is 9.59 Å². The topological polar surface area (TPSA) is 58.2 Å². The molecule has 2 aromatic carbocycles. The molecular weight excluding hydrogens is 300 g/mol. The lowest BCUT2D eigenvalue weighted by molar-refractivity contribution is -0.119. The summed E-state index contributed by atoms with van der Waals surface area (Å²) in [6.45, 7) is 1.91. The number of carbonyl (C=O) groups is 2. The first kappa shape index (κ1) is 16.2. The number of amides is 2. The minimum Gasteiger partial charge on any atom is -0.326 e. The van der Waals surface area contributed by atoms with Crippen molar-refractivity contribution in [3.8, 4) is 0 Å². The van der Waals surface area contributed by atoms with E-state index in [0.717, 1.165) is 36.9 Å². The summed E-state index contributed by atoms with van der Waals surface area (Å²) in [6, 6.07) is 14.7. The standard InChI is InChI=1S/C20H22N2O2/c1-14-6-2-5-9-18(14)20(24)22-17-12-10-16(11-13-17)21-19(23)15-7-3-4-8-15/h2,5-6,9-13,15H,3-4,7-8H2,1H3,(H,21,23)(H,22,24). The van der Waals surface area contributed by atoms with E-state index in [1.54, 1.807) is 18.2 Å². The lowest BCUT2D eigenvalue weighted by Crippen LogP contribution is -2.20. The molecule has 1 fully saturated rings. The number of rotatable bonds is 4. The predicted molar refractivity (Wildman–Crippen MR) is 96.2 cm³/mol. The highest BCUT2D eigenvalue weighted by Gasteiger charge is 2.22. The molecule has 0 aliphatic heterocycles. The number of anilines is 2. The first-order valence-corrected chi connectivity index (χ1v) is 8.41. The van der Waals surface area contributed by atoms with Crippen molar-refractivity contribution in [1.29, 1.82) is 0 Å². The summed E-state index contributed by atoms with van der Waals surface area (Å²) in [5.74, 6) is 0.116. The normalized spacial score (nSPS) is 14.4. The van der Waals surface area contributed by atoms with Gasteiger partial charge in [0.05, 0.1) is 0 Å². The number of aryl methyl sites for hydroxylation is 1. The Morgan fingerprint density at radius 2 is 1.46 bits per heavy atom. The summed E-state index contributed by atoms with van der Waals surface area (Å²) < 4.78 is 0. The Morgan fingerprint density at radius 1 is 0.875 bits per heavy atom. The van der Waals surface area contributed by atoms with Crippen molar-refractivity contribution >= 4 is 23.2 Å². The van der Waals surface area contributed by atoms with E-state index in [1.165, 1.54) is 0 Å². The zero-order valence-corrected chi connectivity index (χ0v) is 13.8. The SMILES string of the molecule is Cc1ccccc1C(=O)Nc1ccc(NC(=O)C2CCCC2)cc1. The second kappa shape index (κ2) is 7.30. The van der Waals surface area contributed by atoms with Gasteiger partial charge in [-0.2, -0.15) is 0 Å². The first-order chi connectivity index (χ1) is 11.6. The number of nitrogens with one attached hydrogen (secondary N) is 2. The van der Waals surface area contributed by atoms with Crippen LogP contribution in [0.3, 0.4) is 0 Å². The lowest BCUT2D eigenvalue weighted by atomic mass is 10.1. The molecule has 0 spiro atoms. The Kier molecular flexibility index (Phi) is 4.94. The van der Waals surface area contributed by atoms with Crippen LogP contribution in [-0.2, 0) is 4.79 Å². The van der Waals surface area contributed by atoms with Crippen LogP contribution in [0.2, 0.25) is 0 Å². The van der Waals surface area contributed by atoms with Crippen LogP contribution in [0.5, 0.6) is 0 Å². The summed E-state index contributed by atoms with van der Waals surface area (Å²) in [7, 11) is 0. The molecule has 4 heteroatoms. The Hall–Kier alpha value is -2.62. The van der Waals surface area contributed by atoms with Crippen LogP contribution >= 0.6 is 0 Å². The minimum atomic E-state index is -0.129. The van der Waals surface area contributed by atoms with Crippen LogP contribution in [-0.4, -0.2) is 11.8 Å². The smallest absolute Gasteiger partial charge is 0.255 e. The molecule has 0 heterocycles. The highest BCUT2D eigenvalue weighted by molar-refractivity contribution is 6.05. The van der Waals surface area contributed by atoms with Gasteiger partial charge in [0, 0.05) is 22.9 Å². The number of carbonyl (C=O) groups excluding carboxylic acids is 2. The van der Waals surface area contributed by atoms with Crippen molar-refractivity contribution in [3.63, 3.8) is 0 Å². The van der Waals surface area contributed by atoms with E-state index < -0.39 is 0 Å². The van der Waals surface area contributed by atoms with Crippen molar-refractivity contribution in [1.82, 2.24) is 0 Å². The number of benzene rings is 2. The van der Waals surface area contributed by atoms with E-state index >= 15 is 0 Å². The maximum absolute atomic E-state index is 12.3. The predicted octanol–water partition coefficient (Wildman–Crippen LogP) is 4.38. The van der Waals surface area contributed by atoms with Gasteiger partial charge in [0.15, 0.2) is 0 Å². The van der Waals surface area contributed by atoms with E-state index in [9.17, 15) is 9.59 Å². The third kappa shape index (κ3) is 3.82. The Balaban J connectivity index is 1.61.